The predicted molar refractivity (Wildman–Crippen MR) is 48.6 cm³/mol. The van der Waals surface area contributed by atoms with E-state index in [1.165, 1.54) is 17.3 Å². The SMILES string of the molecule is CC1=C(C)C(C)(C)NC(=O)S1. The highest BCUT2D eigenvalue weighted by atomic mass is 32.2. The first-order chi connectivity index (χ1) is 4.93. The standard InChI is InChI=1S/C8H13NOS/c1-5-6(2)11-7(10)9-8(5,3)4/h1-4H3,(H,9,10). The van der Waals surface area contributed by atoms with Crippen molar-refractivity contribution < 1.29 is 4.79 Å². The summed E-state index contributed by atoms with van der Waals surface area (Å²) in [5.74, 6) is 0. The predicted octanol–water partition coefficient (Wildman–Crippen LogP) is 2.52. The van der Waals surface area contributed by atoms with Gasteiger partial charge in [0.2, 0.25) is 0 Å². The van der Waals surface area contributed by atoms with Crippen LogP contribution in [0.15, 0.2) is 10.5 Å². The van der Waals surface area contributed by atoms with Crippen LogP contribution in [-0.2, 0) is 0 Å². The summed E-state index contributed by atoms with van der Waals surface area (Å²) in [6.07, 6.45) is 0. The summed E-state index contributed by atoms with van der Waals surface area (Å²) in [6, 6.07) is 0. The molecule has 1 aliphatic rings. The monoisotopic (exact) mass is 171 g/mol. The van der Waals surface area contributed by atoms with Crippen molar-refractivity contribution in [3.63, 3.8) is 0 Å². The highest BCUT2D eigenvalue weighted by Gasteiger charge is 2.29. The van der Waals surface area contributed by atoms with Gasteiger partial charge in [-0.05, 0) is 49.9 Å². The maximum atomic E-state index is 11.1. The number of nitrogens with one attached hydrogen (secondary N) is 1. The van der Waals surface area contributed by atoms with Crippen molar-refractivity contribution in [1.82, 2.24) is 5.32 Å². The summed E-state index contributed by atoms with van der Waals surface area (Å²) in [4.78, 5) is 12.2. The van der Waals surface area contributed by atoms with Gasteiger partial charge in [0.1, 0.15) is 0 Å². The highest BCUT2D eigenvalue weighted by molar-refractivity contribution is 8.16. The maximum Gasteiger partial charge on any atom is 0.284 e. The second kappa shape index (κ2) is 2.55. The topological polar surface area (TPSA) is 29.1 Å². The fourth-order valence-electron chi connectivity index (χ4n) is 1.03. The van der Waals surface area contributed by atoms with Crippen molar-refractivity contribution in [3.05, 3.63) is 10.5 Å². The van der Waals surface area contributed by atoms with Gasteiger partial charge in [-0.15, -0.1) is 0 Å². The van der Waals surface area contributed by atoms with Gasteiger partial charge in [0, 0.05) is 0 Å². The molecule has 0 spiro atoms. The van der Waals surface area contributed by atoms with E-state index in [2.05, 4.69) is 12.2 Å². The molecule has 0 aliphatic carbocycles. The first-order valence-electron chi connectivity index (χ1n) is 3.61. The van der Waals surface area contributed by atoms with E-state index in [1.807, 2.05) is 20.8 Å². The van der Waals surface area contributed by atoms with Crippen LogP contribution in [-0.4, -0.2) is 10.8 Å². The van der Waals surface area contributed by atoms with Gasteiger partial charge in [-0.1, -0.05) is 0 Å². The van der Waals surface area contributed by atoms with Crippen LogP contribution in [0.25, 0.3) is 0 Å². The molecular formula is C8H13NOS. The summed E-state index contributed by atoms with van der Waals surface area (Å²) in [5.41, 5.74) is 1.09. The number of carbonyl (C=O) groups is 1. The van der Waals surface area contributed by atoms with Crippen LogP contribution in [0.4, 0.5) is 4.79 Å². The average Bonchev–Trinajstić information content (AvgIpc) is 1.81. The minimum atomic E-state index is -0.160. The summed E-state index contributed by atoms with van der Waals surface area (Å²) in [7, 11) is 0. The van der Waals surface area contributed by atoms with E-state index in [1.54, 1.807) is 0 Å². The van der Waals surface area contributed by atoms with Gasteiger partial charge >= 0.3 is 0 Å². The van der Waals surface area contributed by atoms with Gasteiger partial charge in [0.15, 0.2) is 0 Å². The second-order valence-corrected chi connectivity index (χ2v) is 4.51. The van der Waals surface area contributed by atoms with Gasteiger partial charge in [-0.2, -0.15) is 0 Å². The molecule has 1 aliphatic heterocycles. The molecule has 0 saturated heterocycles. The molecule has 0 radical (unpaired) electrons. The first-order valence-corrected chi connectivity index (χ1v) is 4.43. The quantitative estimate of drug-likeness (QED) is 0.606. The lowest BCUT2D eigenvalue weighted by atomic mass is 9.95. The van der Waals surface area contributed by atoms with Crippen LogP contribution in [0.5, 0.6) is 0 Å². The summed E-state index contributed by atoms with van der Waals surface area (Å²) < 4.78 is 0. The number of allylic oxidation sites excluding steroid dienone is 1. The molecule has 11 heavy (non-hydrogen) atoms. The van der Waals surface area contributed by atoms with Crippen LogP contribution in [0.3, 0.4) is 0 Å². The largest absolute Gasteiger partial charge is 0.338 e. The normalized spacial score (nSPS) is 23.5. The van der Waals surface area contributed by atoms with E-state index < -0.39 is 0 Å². The van der Waals surface area contributed by atoms with E-state index in [0.717, 1.165) is 4.91 Å². The van der Waals surface area contributed by atoms with Gasteiger partial charge < -0.3 is 5.32 Å². The molecule has 1 rings (SSSR count). The van der Waals surface area contributed by atoms with Crippen LogP contribution in [0, 0.1) is 0 Å². The molecule has 2 nitrogen and oxygen atoms in total. The third-order valence-corrected chi connectivity index (χ3v) is 3.03. The van der Waals surface area contributed by atoms with Crippen LogP contribution < -0.4 is 5.32 Å². The molecule has 0 aromatic rings. The Hall–Kier alpha value is -0.440. The molecule has 0 aromatic carbocycles. The van der Waals surface area contributed by atoms with Crippen molar-refractivity contribution in [2.24, 2.45) is 0 Å². The fraction of sp³-hybridized carbons (Fsp3) is 0.625. The van der Waals surface area contributed by atoms with Crippen molar-refractivity contribution in [2.75, 3.05) is 0 Å². The average molecular weight is 171 g/mol. The second-order valence-electron chi connectivity index (χ2n) is 3.32. The third-order valence-electron chi connectivity index (χ3n) is 2.13. The third kappa shape index (κ3) is 1.59. The molecule has 1 amide bonds. The fourth-order valence-corrected chi connectivity index (χ4v) is 2.02. The molecule has 1 heterocycles. The Balaban J connectivity index is 3.02. The zero-order chi connectivity index (χ0) is 8.65. The number of amides is 1. The summed E-state index contributed by atoms with van der Waals surface area (Å²) in [6.45, 7) is 8.08. The number of rotatable bonds is 0. The van der Waals surface area contributed by atoms with Crippen LogP contribution in [0.1, 0.15) is 27.7 Å². The van der Waals surface area contributed by atoms with Crippen molar-refractivity contribution in [3.8, 4) is 0 Å². The Morgan fingerprint density at radius 1 is 1.36 bits per heavy atom. The number of carbonyl (C=O) groups excluding carboxylic acids is 1. The highest BCUT2D eigenvalue weighted by Crippen LogP contribution is 2.32. The zero-order valence-electron chi connectivity index (χ0n) is 7.32. The molecule has 62 valence electrons. The van der Waals surface area contributed by atoms with Crippen LogP contribution in [0.2, 0.25) is 0 Å². The van der Waals surface area contributed by atoms with E-state index in [9.17, 15) is 4.79 Å². The minimum absolute atomic E-state index is 0.0538. The lowest BCUT2D eigenvalue weighted by Crippen LogP contribution is -2.45. The van der Waals surface area contributed by atoms with E-state index in [0.29, 0.717) is 0 Å². The molecule has 0 atom stereocenters. The molecule has 0 bridgehead atoms. The molecule has 0 saturated carbocycles. The number of thioether (sulfide) groups is 1. The number of hydrogen-bond acceptors (Lipinski definition) is 2. The molecule has 3 heteroatoms. The van der Waals surface area contributed by atoms with Crippen molar-refractivity contribution in [2.45, 2.75) is 33.2 Å². The number of hydrogen-bond donors (Lipinski definition) is 1. The van der Waals surface area contributed by atoms with Crippen LogP contribution >= 0.6 is 11.8 Å². The van der Waals surface area contributed by atoms with Crippen molar-refractivity contribution in [1.29, 1.82) is 0 Å². The molecule has 0 fully saturated rings. The van der Waals surface area contributed by atoms with Crippen molar-refractivity contribution >= 4 is 17.0 Å². The Kier molecular flexibility index (Phi) is 2.01. The Bertz CT molecular complexity index is 230. The van der Waals surface area contributed by atoms with E-state index >= 15 is 0 Å². The van der Waals surface area contributed by atoms with E-state index in [4.69, 9.17) is 0 Å². The smallest absolute Gasteiger partial charge is 0.284 e. The van der Waals surface area contributed by atoms with E-state index in [-0.39, 0.29) is 10.8 Å². The minimum Gasteiger partial charge on any atom is -0.338 e. The maximum absolute atomic E-state index is 11.1. The molecular weight excluding hydrogens is 158 g/mol. The Morgan fingerprint density at radius 2 is 1.91 bits per heavy atom. The molecule has 0 aromatic heterocycles. The molecule has 0 unspecified atom stereocenters. The van der Waals surface area contributed by atoms with Gasteiger partial charge in [-0.3, -0.25) is 4.79 Å². The van der Waals surface area contributed by atoms with Gasteiger partial charge in [0.05, 0.1) is 5.54 Å². The van der Waals surface area contributed by atoms with Gasteiger partial charge in [0.25, 0.3) is 5.24 Å². The van der Waals surface area contributed by atoms with Gasteiger partial charge in [-0.25, -0.2) is 0 Å². The first kappa shape index (κ1) is 8.65. The zero-order valence-corrected chi connectivity index (χ0v) is 8.13. The summed E-state index contributed by atoms with van der Waals surface area (Å²) in [5, 5.41) is 2.96. The Labute approximate surface area is 71.4 Å². The lowest BCUT2D eigenvalue weighted by Gasteiger charge is -2.32. The molecule has 1 N–H and O–H groups in total. The lowest BCUT2D eigenvalue weighted by molar-refractivity contribution is 0.253. The summed E-state index contributed by atoms with van der Waals surface area (Å²) >= 11 is 1.28. The Morgan fingerprint density at radius 3 is 2.36 bits per heavy atom.